The van der Waals surface area contributed by atoms with E-state index in [0.717, 1.165) is 105 Å². The molecule has 1 aromatic heterocycles. The van der Waals surface area contributed by atoms with Crippen LogP contribution in [-0.2, 0) is 38.2 Å². The predicted octanol–water partition coefficient (Wildman–Crippen LogP) is 13.7. The van der Waals surface area contributed by atoms with Crippen LogP contribution in [0.1, 0.15) is 141 Å². The van der Waals surface area contributed by atoms with Crippen molar-refractivity contribution in [3.8, 4) is 34.5 Å². The topological polar surface area (TPSA) is 205 Å². The summed E-state index contributed by atoms with van der Waals surface area (Å²) in [5.74, 6) is -1.40. The summed E-state index contributed by atoms with van der Waals surface area (Å²) < 4.78 is 46.4. The highest BCUT2D eigenvalue weighted by Crippen LogP contribution is 2.36. The summed E-state index contributed by atoms with van der Waals surface area (Å²) in [6.07, 6.45) is 18.5. The summed E-state index contributed by atoms with van der Waals surface area (Å²) in [5, 5.41) is 7.51. The quantitative estimate of drug-likeness (QED) is 0.00938. The summed E-state index contributed by atoms with van der Waals surface area (Å²) >= 11 is 1.54. The van der Waals surface area contributed by atoms with Crippen LogP contribution in [0, 0.1) is 23.7 Å². The number of rotatable bonds is 34. The minimum absolute atomic E-state index is 0.242. The lowest BCUT2D eigenvalue weighted by Gasteiger charge is -2.26. The number of hydrogen-bond donors (Lipinski definition) is 0. The van der Waals surface area contributed by atoms with Crippen LogP contribution in [0.3, 0.4) is 0 Å². The zero-order valence-electron chi connectivity index (χ0n) is 48.3. The fourth-order valence-corrected chi connectivity index (χ4v) is 10.8. The summed E-state index contributed by atoms with van der Waals surface area (Å²) in [7, 11) is 0. The van der Waals surface area contributed by atoms with E-state index in [1.807, 2.05) is 29.3 Å². The molecular weight excluding hydrogens is 1090 g/mol. The number of carbonyl (C=O) groups excluding carboxylic acids is 6. The van der Waals surface area contributed by atoms with Gasteiger partial charge >= 0.3 is 35.8 Å². The molecular formula is C66H79N3O14S. The number of hydrazone groups is 1. The number of carbonyl (C=O) groups is 6. The van der Waals surface area contributed by atoms with E-state index < -0.39 is 35.7 Å². The van der Waals surface area contributed by atoms with Gasteiger partial charge in [-0.25, -0.2) is 19.6 Å². The highest BCUT2D eigenvalue weighted by atomic mass is 32.1. The summed E-state index contributed by atoms with van der Waals surface area (Å²) in [5.41, 5.74) is 1.29. The van der Waals surface area contributed by atoms with Crippen molar-refractivity contribution in [2.45, 2.75) is 135 Å². The number of anilines is 1. The lowest BCUT2D eigenvalue weighted by molar-refractivity contribution is -0.145. The molecule has 5 aromatic rings. The number of thiazole rings is 1. The molecule has 2 aliphatic carbocycles. The van der Waals surface area contributed by atoms with E-state index >= 15 is 0 Å². The van der Waals surface area contributed by atoms with Crippen molar-refractivity contribution in [2.24, 2.45) is 28.8 Å². The third kappa shape index (κ3) is 21.1. The van der Waals surface area contributed by atoms with Gasteiger partial charge in [0.1, 0.15) is 34.5 Å². The molecule has 18 heteroatoms. The van der Waals surface area contributed by atoms with Gasteiger partial charge in [0.2, 0.25) is 5.13 Å². The highest BCUT2D eigenvalue weighted by molar-refractivity contribution is 7.22. The van der Waals surface area contributed by atoms with Crippen molar-refractivity contribution in [1.82, 2.24) is 4.98 Å². The number of hydrogen-bond acceptors (Lipinski definition) is 18. The van der Waals surface area contributed by atoms with Gasteiger partial charge in [-0.15, -0.1) is 0 Å². The number of ether oxygens (including phenoxy) is 8. The van der Waals surface area contributed by atoms with Crippen molar-refractivity contribution >= 4 is 68.7 Å². The molecule has 0 atom stereocenters. The number of para-hydroxylation sites is 1. The first kappa shape index (κ1) is 63.7. The van der Waals surface area contributed by atoms with Crippen molar-refractivity contribution in [1.29, 1.82) is 0 Å². The van der Waals surface area contributed by atoms with E-state index in [0.29, 0.717) is 113 Å². The number of fused-ring (bicyclic) bond motifs is 1. The molecule has 2 saturated carbocycles. The minimum atomic E-state index is -0.463. The lowest BCUT2D eigenvalue weighted by atomic mass is 9.82. The molecule has 2 aliphatic rings. The molecule has 0 bridgehead atoms. The van der Waals surface area contributed by atoms with E-state index in [2.05, 4.69) is 20.1 Å². The average Bonchev–Trinajstić information content (AvgIpc) is 4.13. The minimum Gasteiger partial charge on any atom is -0.494 e. The largest absolute Gasteiger partial charge is 0.494 e. The van der Waals surface area contributed by atoms with E-state index in [9.17, 15) is 28.8 Å². The number of unbranched alkanes of at least 4 members (excludes halogenated alkanes) is 9. The van der Waals surface area contributed by atoms with E-state index in [1.165, 1.54) is 11.3 Å². The van der Waals surface area contributed by atoms with E-state index in [4.69, 9.17) is 48.0 Å². The first-order valence-electron chi connectivity index (χ1n) is 29.7. The predicted molar refractivity (Wildman–Crippen MR) is 322 cm³/mol. The van der Waals surface area contributed by atoms with Crippen LogP contribution in [0.5, 0.6) is 34.5 Å². The van der Waals surface area contributed by atoms with Gasteiger partial charge in [-0.3, -0.25) is 19.2 Å². The maximum Gasteiger partial charge on any atom is 0.330 e. The molecule has 0 amide bonds. The second-order valence-corrected chi connectivity index (χ2v) is 22.1. The Balaban J connectivity index is 0.911. The molecule has 4 aromatic carbocycles. The smallest absolute Gasteiger partial charge is 0.330 e. The van der Waals surface area contributed by atoms with E-state index in [-0.39, 0.29) is 35.3 Å². The highest BCUT2D eigenvalue weighted by Gasteiger charge is 2.34. The summed E-state index contributed by atoms with van der Waals surface area (Å²) in [6.45, 7) is 11.4. The number of esters is 6. The average molecular weight is 1170 g/mol. The maximum absolute atomic E-state index is 14.0. The van der Waals surface area contributed by atoms with Gasteiger partial charge in [0, 0.05) is 24.3 Å². The Hall–Kier alpha value is -7.86. The molecule has 2 fully saturated rings. The molecule has 17 nitrogen and oxygen atoms in total. The molecule has 1 heterocycles. The van der Waals surface area contributed by atoms with Crippen molar-refractivity contribution in [3.63, 3.8) is 0 Å². The molecule has 0 saturated heterocycles. The van der Waals surface area contributed by atoms with Gasteiger partial charge in [0.25, 0.3) is 0 Å². The summed E-state index contributed by atoms with van der Waals surface area (Å²) in [6, 6.07) is 26.7. The first-order chi connectivity index (χ1) is 41.0. The molecule has 0 radical (unpaired) electrons. The molecule has 7 rings (SSSR count). The maximum atomic E-state index is 14.0. The molecule has 84 heavy (non-hydrogen) atoms. The SMILES string of the molecule is C=CC(=O)OCCCCCCOc1ccc(OC(=O)C2CCC(C(=O)Oc3ccc(OC(=O)C4CCC(C(=O)Oc5ccc(OCCCCCCOC(=O)C=C)cc5)CC4)c(/C=N\N(CCCCCC)c4nc5ccccc5s4)c3)CC2)cc1. The monoisotopic (exact) mass is 1170 g/mol. The Bertz CT molecular complexity index is 2930. The Labute approximate surface area is 496 Å². The summed E-state index contributed by atoms with van der Waals surface area (Å²) in [4.78, 5) is 81.5. The van der Waals surface area contributed by atoms with Gasteiger partial charge in [0.05, 0.1) is 66.5 Å². The zero-order valence-corrected chi connectivity index (χ0v) is 49.1. The molecule has 0 N–H and O–H groups in total. The van der Waals surface area contributed by atoms with Crippen LogP contribution < -0.4 is 33.4 Å². The Morgan fingerprint density at radius 1 is 0.524 bits per heavy atom. The zero-order chi connectivity index (χ0) is 59.3. The molecule has 0 spiro atoms. The number of nitrogens with zero attached hydrogens (tertiary/aromatic N) is 3. The van der Waals surface area contributed by atoms with Gasteiger partial charge < -0.3 is 37.9 Å². The molecule has 0 unspecified atom stereocenters. The van der Waals surface area contributed by atoms with Crippen LogP contribution in [-0.4, -0.2) is 80.0 Å². The van der Waals surface area contributed by atoms with E-state index in [1.54, 1.807) is 72.9 Å². The Kier molecular flexibility index (Phi) is 26.3. The van der Waals surface area contributed by atoms with Crippen molar-refractivity contribution < 1.29 is 66.7 Å². The van der Waals surface area contributed by atoms with Crippen LogP contribution in [0.25, 0.3) is 10.2 Å². The van der Waals surface area contributed by atoms with Gasteiger partial charge in [0.15, 0.2) is 0 Å². The normalized spacial score (nSPS) is 16.7. The van der Waals surface area contributed by atoms with Gasteiger partial charge in [-0.1, -0.05) is 62.8 Å². The van der Waals surface area contributed by atoms with Crippen molar-refractivity contribution in [2.75, 3.05) is 38.0 Å². The lowest BCUT2D eigenvalue weighted by Crippen LogP contribution is -2.30. The Morgan fingerprint density at radius 2 is 0.952 bits per heavy atom. The van der Waals surface area contributed by atoms with Crippen molar-refractivity contribution in [3.05, 3.63) is 122 Å². The fourth-order valence-electron chi connectivity index (χ4n) is 9.86. The van der Waals surface area contributed by atoms with Gasteiger partial charge in [-0.05, 0) is 188 Å². The van der Waals surface area contributed by atoms with Crippen LogP contribution in [0.4, 0.5) is 5.13 Å². The van der Waals surface area contributed by atoms with Crippen LogP contribution in [0.15, 0.2) is 121 Å². The molecule has 0 aliphatic heterocycles. The first-order valence-corrected chi connectivity index (χ1v) is 30.5. The van der Waals surface area contributed by atoms with Crippen LogP contribution >= 0.6 is 11.3 Å². The van der Waals surface area contributed by atoms with Crippen LogP contribution in [0.2, 0.25) is 0 Å². The fraction of sp³-hybridized carbons (Fsp3) is 0.455. The second-order valence-electron chi connectivity index (χ2n) is 21.1. The Morgan fingerprint density at radius 3 is 1.43 bits per heavy atom. The molecule has 448 valence electrons. The number of benzene rings is 4. The van der Waals surface area contributed by atoms with Gasteiger partial charge in [-0.2, -0.15) is 5.10 Å². The standard InChI is InChI=1S/C66H79N3O14S/c1-4-7-8-15-40-69(66-68-57-20-13-14-21-59(57)84-66)67-46-51-45-56(82-64(74)49-24-22-47(23-25-49)62(72)80-54-34-30-52(31-35-54)76-41-16-9-11-18-43-78-60(70)5-2)38-39-58(51)83-65(75)50-28-26-48(27-29-50)63(73)81-55-36-32-53(33-37-55)77-42-17-10-12-19-44-79-61(71)6-3/h5-6,13-14,20-21,30-39,45-50H,2-4,7-12,15-19,22-29,40-44H2,1H3/b67-46-. The third-order valence-electron chi connectivity index (χ3n) is 14.8. The number of aromatic nitrogens is 1. The third-order valence-corrected chi connectivity index (χ3v) is 15.8. The second kappa shape index (κ2) is 34.7.